The van der Waals surface area contributed by atoms with Gasteiger partial charge in [-0.1, -0.05) is 24.9 Å². The Kier molecular flexibility index (Phi) is 4.96. The van der Waals surface area contributed by atoms with Gasteiger partial charge in [-0.25, -0.2) is 0 Å². The van der Waals surface area contributed by atoms with Crippen LogP contribution < -0.4 is 0 Å². The molecule has 0 saturated heterocycles. The average Bonchev–Trinajstić information content (AvgIpc) is 3.37. The summed E-state index contributed by atoms with van der Waals surface area (Å²) in [5.74, 6) is -0.593. The Labute approximate surface area is 172 Å². The lowest BCUT2D eigenvalue weighted by Gasteiger charge is -2.24. The minimum atomic E-state index is -0.799. The molecule has 6 nitrogen and oxygen atoms in total. The maximum atomic E-state index is 13.3. The first-order valence-electron chi connectivity index (χ1n) is 9.45. The fourth-order valence-corrected chi connectivity index (χ4v) is 3.78. The molecule has 3 aromatic rings. The Morgan fingerprint density at radius 3 is 2.69 bits per heavy atom. The quantitative estimate of drug-likeness (QED) is 0.549. The van der Waals surface area contributed by atoms with Crippen molar-refractivity contribution >= 4 is 34.3 Å². The van der Waals surface area contributed by atoms with Gasteiger partial charge in [-0.05, 0) is 49.7 Å². The molecule has 0 spiro atoms. The van der Waals surface area contributed by atoms with Gasteiger partial charge < -0.3 is 18.8 Å². The van der Waals surface area contributed by atoms with Crippen molar-refractivity contribution in [2.24, 2.45) is 0 Å². The molecule has 29 heavy (non-hydrogen) atoms. The molecule has 1 aromatic carbocycles. The number of Topliss-reactive ketones (excluding diaryl/α,β-unsaturated/α-hetero) is 1. The second kappa shape index (κ2) is 7.44. The third-order valence-electron chi connectivity index (χ3n) is 5.03. The van der Waals surface area contributed by atoms with E-state index in [9.17, 15) is 14.7 Å². The Hall–Kier alpha value is -2.99. The Morgan fingerprint density at radius 1 is 1.21 bits per heavy atom. The van der Waals surface area contributed by atoms with Crippen LogP contribution in [0.3, 0.4) is 0 Å². The first-order valence-corrected chi connectivity index (χ1v) is 9.82. The molecule has 1 amide bonds. The fourth-order valence-electron chi connectivity index (χ4n) is 3.60. The molecule has 4 rings (SSSR count). The van der Waals surface area contributed by atoms with Gasteiger partial charge in [0.1, 0.15) is 23.1 Å². The van der Waals surface area contributed by atoms with E-state index in [2.05, 4.69) is 0 Å². The molecule has 150 valence electrons. The number of carbonyl (C=O) groups is 2. The lowest BCUT2D eigenvalue weighted by Crippen LogP contribution is -2.31. The third-order valence-corrected chi connectivity index (χ3v) is 5.27. The summed E-state index contributed by atoms with van der Waals surface area (Å²) in [5, 5.41) is 11.8. The predicted octanol–water partition coefficient (Wildman–Crippen LogP) is 5.37. The SMILES string of the molecule is CCCCN1C(=O)C(O)=C(C(=O)c2cc3cc(Cl)ccc3o2)C1c1ccc(C)o1. The van der Waals surface area contributed by atoms with Crippen LogP contribution >= 0.6 is 11.6 Å². The van der Waals surface area contributed by atoms with Crippen LogP contribution in [0.25, 0.3) is 11.0 Å². The topological polar surface area (TPSA) is 83.9 Å². The maximum Gasteiger partial charge on any atom is 0.290 e. The number of aliphatic hydroxyl groups is 1. The van der Waals surface area contributed by atoms with Crippen molar-refractivity contribution in [3.05, 3.63) is 70.0 Å². The van der Waals surface area contributed by atoms with Gasteiger partial charge in [0, 0.05) is 17.0 Å². The molecule has 0 bridgehead atoms. The van der Waals surface area contributed by atoms with E-state index in [1.807, 2.05) is 6.92 Å². The van der Waals surface area contributed by atoms with Gasteiger partial charge in [-0.2, -0.15) is 0 Å². The number of rotatable bonds is 6. The summed E-state index contributed by atoms with van der Waals surface area (Å²) < 4.78 is 11.4. The second-order valence-corrected chi connectivity index (χ2v) is 7.52. The fraction of sp³-hybridized carbons (Fsp3) is 0.273. The van der Waals surface area contributed by atoms with Gasteiger partial charge in [0.2, 0.25) is 5.78 Å². The van der Waals surface area contributed by atoms with Gasteiger partial charge in [-0.3, -0.25) is 9.59 Å². The summed E-state index contributed by atoms with van der Waals surface area (Å²) in [6.45, 7) is 4.19. The van der Waals surface area contributed by atoms with Crippen molar-refractivity contribution in [3.63, 3.8) is 0 Å². The maximum absolute atomic E-state index is 13.3. The van der Waals surface area contributed by atoms with Crippen LogP contribution in [0.2, 0.25) is 5.02 Å². The number of amides is 1. The molecule has 1 atom stereocenters. The second-order valence-electron chi connectivity index (χ2n) is 7.09. The summed E-state index contributed by atoms with van der Waals surface area (Å²) in [6.07, 6.45) is 1.60. The smallest absolute Gasteiger partial charge is 0.290 e. The van der Waals surface area contributed by atoms with E-state index in [4.69, 9.17) is 20.4 Å². The third kappa shape index (κ3) is 3.34. The molecule has 1 unspecified atom stereocenters. The first kappa shape index (κ1) is 19.3. The van der Waals surface area contributed by atoms with Crippen LogP contribution in [0.15, 0.2) is 56.6 Å². The van der Waals surface area contributed by atoms with Crippen LogP contribution in [0.5, 0.6) is 0 Å². The number of aliphatic hydroxyl groups excluding tert-OH is 1. The highest BCUT2D eigenvalue weighted by Gasteiger charge is 2.45. The number of carbonyl (C=O) groups excluding carboxylic acids is 2. The number of furan rings is 2. The summed E-state index contributed by atoms with van der Waals surface area (Å²) in [6, 6.07) is 9.27. The van der Waals surface area contributed by atoms with E-state index >= 15 is 0 Å². The number of halogens is 1. The summed E-state index contributed by atoms with van der Waals surface area (Å²) in [7, 11) is 0. The first-order chi connectivity index (χ1) is 13.9. The van der Waals surface area contributed by atoms with E-state index in [0.717, 1.165) is 12.8 Å². The summed E-state index contributed by atoms with van der Waals surface area (Å²) in [4.78, 5) is 27.5. The molecule has 1 aliphatic heterocycles. The molecule has 1 aliphatic rings. The number of nitrogens with zero attached hydrogens (tertiary/aromatic N) is 1. The zero-order valence-electron chi connectivity index (χ0n) is 16.1. The van der Waals surface area contributed by atoms with Crippen molar-refractivity contribution in [3.8, 4) is 0 Å². The van der Waals surface area contributed by atoms with Crippen molar-refractivity contribution in [2.75, 3.05) is 6.54 Å². The molecule has 0 saturated carbocycles. The van der Waals surface area contributed by atoms with Gasteiger partial charge in [-0.15, -0.1) is 0 Å². The van der Waals surface area contributed by atoms with Gasteiger partial charge >= 0.3 is 0 Å². The van der Waals surface area contributed by atoms with Gasteiger partial charge in [0.15, 0.2) is 11.5 Å². The number of aryl methyl sites for hydroxylation is 1. The number of hydrogen-bond donors (Lipinski definition) is 1. The highest BCUT2D eigenvalue weighted by atomic mass is 35.5. The number of ketones is 1. The minimum absolute atomic E-state index is 0.0298. The van der Waals surface area contributed by atoms with Crippen molar-refractivity contribution in [1.29, 1.82) is 0 Å². The standard InChI is InChI=1S/C22H20ClNO5/c1-3-4-9-24-19(16-7-5-12(2)28-16)18(21(26)22(24)27)20(25)17-11-13-10-14(23)6-8-15(13)29-17/h5-8,10-11,19,26H,3-4,9H2,1-2H3. The lowest BCUT2D eigenvalue weighted by atomic mass is 9.99. The van der Waals surface area contributed by atoms with Crippen LogP contribution in [-0.2, 0) is 4.79 Å². The predicted molar refractivity (Wildman–Crippen MR) is 108 cm³/mol. The van der Waals surface area contributed by atoms with Crippen molar-refractivity contribution < 1.29 is 23.5 Å². The highest BCUT2D eigenvalue weighted by molar-refractivity contribution is 6.31. The number of fused-ring (bicyclic) bond motifs is 1. The minimum Gasteiger partial charge on any atom is -0.503 e. The van der Waals surface area contributed by atoms with E-state index in [-0.39, 0.29) is 11.3 Å². The highest BCUT2D eigenvalue weighted by Crippen LogP contribution is 2.40. The molecule has 0 aliphatic carbocycles. The largest absolute Gasteiger partial charge is 0.503 e. The molecule has 7 heteroatoms. The van der Waals surface area contributed by atoms with Crippen LogP contribution in [0, 0.1) is 6.92 Å². The summed E-state index contributed by atoms with van der Waals surface area (Å²) >= 11 is 6.01. The number of unbranched alkanes of at least 4 members (excludes halogenated alkanes) is 1. The Bertz CT molecular complexity index is 1140. The lowest BCUT2D eigenvalue weighted by molar-refractivity contribution is -0.129. The Balaban J connectivity index is 1.79. The van der Waals surface area contributed by atoms with Crippen LogP contribution in [-0.4, -0.2) is 28.2 Å². The average molecular weight is 414 g/mol. The molecule has 0 radical (unpaired) electrons. The molecule has 0 fully saturated rings. The molecule has 1 N–H and O–H groups in total. The molecule has 2 aromatic heterocycles. The van der Waals surface area contributed by atoms with E-state index in [0.29, 0.717) is 34.1 Å². The Morgan fingerprint density at radius 2 is 2.00 bits per heavy atom. The zero-order chi connectivity index (χ0) is 20.7. The summed E-state index contributed by atoms with van der Waals surface area (Å²) in [5.41, 5.74) is 0.459. The number of benzene rings is 1. The number of hydrogen-bond acceptors (Lipinski definition) is 5. The molecular weight excluding hydrogens is 394 g/mol. The normalized spacial score (nSPS) is 17.0. The van der Waals surface area contributed by atoms with Gasteiger partial charge in [0.05, 0.1) is 5.57 Å². The van der Waals surface area contributed by atoms with E-state index < -0.39 is 23.5 Å². The molecular formula is C22H20ClNO5. The zero-order valence-corrected chi connectivity index (χ0v) is 16.8. The van der Waals surface area contributed by atoms with Gasteiger partial charge in [0.25, 0.3) is 5.91 Å². The van der Waals surface area contributed by atoms with Crippen molar-refractivity contribution in [1.82, 2.24) is 4.90 Å². The van der Waals surface area contributed by atoms with Crippen molar-refractivity contribution in [2.45, 2.75) is 32.7 Å². The molecule has 3 heterocycles. The van der Waals surface area contributed by atoms with E-state index in [1.54, 1.807) is 43.3 Å². The monoisotopic (exact) mass is 413 g/mol. The van der Waals surface area contributed by atoms with Crippen LogP contribution in [0.1, 0.15) is 47.9 Å². The van der Waals surface area contributed by atoms with E-state index in [1.165, 1.54) is 4.90 Å². The van der Waals surface area contributed by atoms with Crippen LogP contribution in [0.4, 0.5) is 0 Å².